The Hall–Kier alpha value is -3.59. The topological polar surface area (TPSA) is 38.3 Å². The Balaban J connectivity index is 1.39. The van der Waals surface area contributed by atoms with Gasteiger partial charge in [-0.25, -0.2) is 0 Å². The summed E-state index contributed by atoms with van der Waals surface area (Å²) in [6.45, 7) is 0.926. The lowest BCUT2D eigenvalue weighted by atomic mass is 10.1. The fourth-order valence-corrected chi connectivity index (χ4v) is 3.11. The van der Waals surface area contributed by atoms with Gasteiger partial charge in [0, 0.05) is 12.1 Å². The largest absolute Gasteiger partial charge is 0.489 e. The quantitative estimate of drug-likeness (QED) is 0.499. The van der Waals surface area contributed by atoms with Crippen LogP contribution in [0.15, 0.2) is 97.1 Å². The van der Waals surface area contributed by atoms with Gasteiger partial charge in [-0.05, 0) is 46.2 Å². The van der Waals surface area contributed by atoms with E-state index in [0.717, 1.165) is 22.3 Å². The second kappa shape index (κ2) is 8.40. The van der Waals surface area contributed by atoms with Crippen molar-refractivity contribution in [3.63, 3.8) is 0 Å². The average Bonchev–Trinajstić information content (AvgIpc) is 2.77. The Bertz CT molecular complexity index is 1090. The predicted octanol–water partition coefficient (Wildman–Crippen LogP) is 5.35. The minimum atomic E-state index is -0.0867. The van der Waals surface area contributed by atoms with E-state index < -0.39 is 0 Å². The van der Waals surface area contributed by atoms with Crippen LogP contribution in [0.25, 0.3) is 10.8 Å². The van der Waals surface area contributed by atoms with E-state index in [2.05, 4.69) is 23.5 Å². The number of ether oxygens (including phenoxy) is 1. The number of hydrogen-bond donors (Lipinski definition) is 1. The third kappa shape index (κ3) is 4.38. The predicted molar refractivity (Wildman–Crippen MR) is 112 cm³/mol. The highest BCUT2D eigenvalue weighted by molar-refractivity contribution is 5.94. The first-order valence-corrected chi connectivity index (χ1v) is 9.31. The molecule has 0 bridgehead atoms. The van der Waals surface area contributed by atoms with Gasteiger partial charge in [-0.15, -0.1) is 0 Å². The highest BCUT2D eigenvalue weighted by Gasteiger charge is 2.07. The standard InChI is InChI=1S/C25H21NO2/c27-25(26-17-19-7-2-1-3-8-19)23-12-6-9-20(15-23)18-28-24-14-13-21-10-4-5-11-22(21)16-24/h1-16H,17-18H2,(H,26,27). The molecule has 0 atom stereocenters. The van der Waals surface area contributed by atoms with Gasteiger partial charge in [0.15, 0.2) is 0 Å². The smallest absolute Gasteiger partial charge is 0.251 e. The molecule has 0 aliphatic heterocycles. The van der Waals surface area contributed by atoms with Gasteiger partial charge in [0.1, 0.15) is 12.4 Å². The molecule has 28 heavy (non-hydrogen) atoms. The van der Waals surface area contributed by atoms with Crippen LogP contribution in [-0.4, -0.2) is 5.91 Å². The van der Waals surface area contributed by atoms with Gasteiger partial charge < -0.3 is 10.1 Å². The van der Waals surface area contributed by atoms with E-state index in [1.165, 1.54) is 5.39 Å². The maximum atomic E-state index is 12.4. The highest BCUT2D eigenvalue weighted by atomic mass is 16.5. The molecule has 0 aliphatic carbocycles. The van der Waals surface area contributed by atoms with E-state index in [9.17, 15) is 4.79 Å². The van der Waals surface area contributed by atoms with E-state index in [1.807, 2.05) is 78.9 Å². The first-order chi connectivity index (χ1) is 13.8. The lowest BCUT2D eigenvalue weighted by molar-refractivity contribution is 0.0950. The summed E-state index contributed by atoms with van der Waals surface area (Å²) in [5.41, 5.74) is 2.67. The first-order valence-electron chi connectivity index (χ1n) is 9.31. The molecule has 0 saturated carbocycles. The number of amides is 1. The van der Waals surface area contributed by atoms with Crippen LogP contribution in [0.5, 0.6) is 5.75 Å². The average molecular weight is 367 g/mol. The molecule has 3 heteroatoms. The molecule has 4 aromatic rings. The van der Waals surface area contributed by atoms with Gasteiger partial charge in [0.2, 0.25) is 0 Å². The van der Waals surface area contributed by atoms with E-state index in [4.69, 9.17) is 4.74 Å². The molecule has 0 aliphatic rings. The van der Waals surface area contributed by atoms with Crippen molar-refractivity contribution >= 4 is 16.7 Å². The Morgan fingerprint density at radius 1 is 0.714 bits per heavy atom. The Morgan fingerprint density at radius 3 is 2.32 bits per heavy atom. The molecule has 0 saturated heterocycles. The maximum Gasteiger partial charge on any atom is 0.251 e. The van der Waals surface area contributed by atoms with Crippen molar-refractivity contribution in [2.75, 3.05) is 0 Å². The molecule has 4 rings (SSSR count). The zero-order valence-electron chi connectivity index (χ0n) is 15.5. The molecule has 0 radical (unpaired) electrons. The Labute approximate surface area is 164 Å². The zero-order valence-corrected chi connectivity index (χ0v) is 15.5. The van der Waals surface area contributed by atoms with Crippen molar-refractivity contribution in [2.45, 2.75) is 13.2 Å². The summed E-state index contributed by atoms with van der Waals surface area (Å²) in [7, 11) is 0. The summed E-state index contributed by atoms with van der Waals surface area (Å²) in [5, 5.41) is 5.29. The number of hydrogen-bond acceptors (Lipinski definition) is 2. The van der Waals surface area contributed by atoms with Crippen molar-refractivity contribution in [3.8, 4) is 5.75 Å². The third-order valence-corrected chi connectivity index (χ3v) is 4.61. The molecule has 0 fully saturated rings. The summed E-state index contributed by atoms with van der Waals surface area (Å²) >= 11 is 0. The monoisotopic (exact) mass is 367 g/mol. The van der Waals surface area contributed by atoms with E-state index >= 15 is 0 Å². The highest BCUT2D eigenvalue weighted by Crippen LogP contribution is 2.21. The van der Waals surface area contributed by atoms with E-state index in [1.54, 1.807) is 0 Å². The second-order valence-corrected chi connectivity index (χ2v) is 6.67. The number of carbonyl (C=O) groups is 1. The van der Waals surface area contributed by atoms with Crippen molar-refractivity contribution < 1.29 is 9.53 Å². The normalized spacial score (nSPS) is 10.6. The molecule has 0 aromatic heterocycles. The minimum Gasteiger partial charge on any atom is -0.489 e. The molecule has 1 amide bonds. The molecule has 0 unspecified atom stereocenters. The summed E-state index contributed by atoms with van der Waals surface area (Å²) < 4.78 is 5.93. The number of benzene rings is 4. The van der Waals surface area contributed by atoms with Crippen LogP contribution in [0.4, 0.5) is 0 Å². The van der Waals surface area contributed by atoms with Crippen LogP contribution in [0, 0.1) is 0 Å². The molecule has 3 nitrogen and oxygen atoms in total. The van der Waals surface area contributed by atoms with E-state index in [0.29, 0.717) is 18.7 Å². The van der Waals surface area contributed by atoms with Crippen LogP contribution in [-0.2, 0) is 13.2 Å². The van der Waals surface area contributed by atoms with E-state index in [-0.39, 0.29) is 5.91 Å². The van der Waals surface area contributed by atoms with Crippen LogP contribution in [0.2, 0.25) is 0 Å². The number of rotatable bonds is 6. The molecule has 0 spiro atoms. The maximum absolute atomic E-state index is 12.4. The number of carbonyl (C=O) groups excluding carboxylic acids is 1. The molecular formula is C25H21NO2. The molecule has 0 heterocycles. The van der Waals surface area contributed by atoms with Gasteiger partial charge in [0.25, 0.3) is 5.91 Å². The van der Waals surface area contributed by atoms with Gasteiger partial charge in [-0.3, -0.25) is 4.79 Å². The third-order valence-electron chi connectivity index (χ3n) is 4.61. The summed E-state index contributed by atoms with van der Waals surface area (Å²) in [4.78, 5) is 12.4. The van der Waals surface area contributed by atoms with Crippen LogP contribution < -0.4 is 10.1 Å². The number of fused-ring (bicyclic) bond motifs is 1. The molecule has 4 aromatic carbocycles. The SMILES string of the molecule is O=C(NCc1ccccc1)c1cccc(COc2ccc3ccccc3c2)c1. The fraction of sp³-hybridized carbons (Fsp3) is 0.0800. The number of nitrogens with one attached hydrogen (secondary N) is 1. The molecular weight excluding hydrogens is 346 g/mol. The van der Waals surface area contributed by atoms with Crippen molar-refractivity contribution in [3.05, 3.63) is 114 Å². The Kier molecular flexibility index (Phi) is 5.34. The summed E-state index contributed by atoms with van der Waals surface area (Å²) in [6.07, 6.45) is 0. The van der Waals surface area contributed by atoms with Crippen LogP contribution in [0.3, 0.4) is 0 Å². The van der Waals surface area contributed by atoms with Gasteiger partial charge >= 0.3 is 0 Å². The van der Waals surface area contributed by atoms with Crippen molar-refractivity contribution in [1.82, 2.24) is 5.32 Å². The zero-order chi connectivity index (χ0) is 19.2. The minimum absolute atomic E-state index is 0.0867. The van der Waals surface area contributed by atoms with Gasteiger partial charge in [-0.2, -0.15) is 0 Å². The van der Waals surface area contributed by atoms with Crippen molar-refractivity contribution in [2.24, 2.45) is 0 Å². The first kappa shape index (κ1) is 17.8. The van der Waals surface area contributed by atoms with Crippen LogP contribution in [0.1, 0.15) is 21.5 Å². The molecule has 138 valence electrons. The summed E-state index contributed by atoms with van der Waals surface area (Å²) in [5.74, 6) is 0.731. The van der Waals surface area contributed by atoms with Gasteiger partial charge in [0.05, 0.1) is 0 Å². The fourth-order valence-electron chi connectivity index (χ4n) is 3.11. The lowest BCUT2D eigenvalue weighted by Crippen LogP contribution is -2.22. The second-order valence-electron chi connectivity index (χ2n) is 6.67. The Morgan fingerprint density at radius 2 is 1.46 bits per heavy atom. The summed E-state index contributed by atoms with van der Waals surface area (Å²) in [6, 6.07) is 31.7. The molecule has 1 N–H and O–H groups in total. The lowest BCUT2D eigenvalue weighted by Gasteiger charge is -2.09. The van der Waals surface area contributed by atoms with Gasteiger partial charge in [-0.1, -0.05) is 72.8 Å². The van der Waals surface area contributed by atoms with Crippen LogP contribution >= 0.6 is 0 Å². The van der Waals surface area contributed by atoms with Crippen molar-refractivity contribution in [1.29, 1.82) is 0 Å².